The number of aromatic nitrogens is 1. The Bertz CT molecular complexity index is 1410. The zero-order valence-corrected chi connectivity index (χ0v) is 26.8. The van der Waals surface area contributed by atoms with Gasteiger partial charge in [-0.3, -0.25) is 9.69 Å². The van der Waals surface area contributed by atoms with E-state index in [0.29, 0.717) is 22.6 Å². The number of ether oxygens (including phenoxy) is 2. The highest BCUT2D eigenvalue weighted by atomic mass is 35.5. The predicted molar refractivity (Wildman–Crippen MR) is 174 cm³/mol. The summed E-state index contributed by atoms with van der Waals surface area (Å²) >= 11 is 5.77. The Hall–Kier alpha value is -3.32. The monoisotopic (exact) mass is 606 g/mol. The van der Waals surface area contributed by atoms with E-state index in [1.54, 1.807) is 25.1 Å². The zero-order chi connectivity index (χ0) is 31.4. The lowest BCUT2D eigenvalue weighted by atomic mass is 10.0. The standard InChI is InChI=1S/C21H22ClFN2O.C10H12O.C5H10O/c1-15(2)13-25-10-8-16(9-11-25)20-4-3-5-21(24-20)26-14-17-6-7-18(22)12-19(17)23;1-7-4-5-10(9(3)11)6-8(7)2;1-2-5-3-4-6-5/h3-8,12H,1,9-11,13-14H2,2H3;4-6H,1-3H3;5H,2-4H2,1H3. The predicted octanol–water partition coefficient (Wildman–Crippen LogP) is 8.81. The molecule has 0 N–H and O–H groups in total. The Balaban J connectivity index is 0.000000242. The van der Waals surface area contributed by atoms with Gasteiger partial charge in [-0.25, -0.2) is 9.37 Å². The average Bonchev–Trinajstić information content (AvgIpc) is 2.94. The Labute approximate surface area is 261 Å². The smallest absolute Gasteiger partial charge is 0.214 e. The lowest BCUT2D eigenvalue weighted by Crippen LogP contribution is -2.29. The second-order valence-electron chi connectivity index (χ2n) is 11.1. The molecule has 1 unspecified atom stereocenters. The van der Waals surface area contributed by atoms with Gasteiger partial charge in [0.25, 0.3) is 0 Å². The molecule has 1 fully saturated rings. The third kappa shape index (κ3) is 11.4. The number of aryl methyl sites for hydroxylation is 2. The third-order valence-electron chi connectivity index (χ3n) is 7.39. The first-order valence-corrected chi connectivity index (χ1v) is 15.2. The first-order valence-electron chi connectivity index (χ1n) is 14.8. The number of nitrogens with zero attached hydrogens (tertiary/aromatic N) is 2. The van der Waals surface area contributed by atoms with Crippen molar-refractivity contribution in [3.8, 4) is 5.88 Å². The zero-order valence-electron chi connectivity index (χ0n) is 26.1. The number of hydrogen-bond acceptors (Lipinski definition) is 5. The molecule has 2 aliphatic rings. The van der Waals surface area contributed by atoms with Crippen molar-refractivity contribution in [3.05, 3.63) is 112 Å². The Morgan fingerprint density at radius 1 is 1.14 bits per heavy atom. The summed E-state index contributed by atoms with van der Waals surface area (Å²) in [6, 6.07) is 16.0. The van der Waals surface area contributed by atoms with E-state index in [9.17, 15) is 9.18 Å². The van der Waals surface area contributed by atoms with Crippen molar-refractivity contribution >= 4 is 23.0 Å². The molecule has 0 radical (unpaired) electrons. The minimum absolute atomic E-state index is 0.116. The number of pyridine rings is 1. The van der Waals surface area contributed by atoms with Gasteiger partial charge in [0, 0.05) is 48.5 Å². The molecule has 3 aromatic rings. The molecule has 1 aromatic heterocycles. The van der Waals surface area contributed by atoms with Gasteiger partial charge >= 0.3 is 0 Å². The van der Waals surface area contributed by atoms with Crippen LogP contribution in [-0.2, 0) is 11.3 Å². The number of benzene rings is 2. The molecule has 2 aromatic carbocycles. The number of Topliss-reactive ketones (excluding diaryl/α,β-unsaturated/α-hetero) is 1. The molecule has 0 bridgehead atoms. The first-order chi connectivity index (χ1) is 20.5. The van der Waals surface area contributed by atoms with Gasteiger partial charge in [0.1, 0.15) is 12.4 Å². The largest absolute Gasteiger partial charge is 0.473 e. The number of halogens is 2. The lowest BCUT2D eigenvalue weighted by Gasteiger charge is -2.26. The van der Waals surface area contributed by atoms with Gasteiger partial charge in [-0.15, -0.1) is 0 Å². The second kappa shape index (κ2) is 17.1. The molecular weight excluding hydrogens is 563 g/mol. The van der Waals surface area contributed by atoms with Crippen LogP contribution < -0.4 is 4.74 Å². The highest BCUT2D eigenvalue weighted by Gasteiger charge is 2.15. The van der Waals surface area contributed by atoms with E-state index in [-0.39, 0.29) is 18.2 Å². The number of ketones is 1. The fraction of sp³-hybridized carbons (Fsp3) is 0.389. The first kappa shape index (κ1) is 34.2. The molecule has 43 heavy (non-hydrogen) atoms. The summed E-state index contributed by atoms with van der Waals surface area (Å²) in [5.41, 5.74) is 6.96. The van der Waals surface area contributed by atoms with Crippen LogP contribution in [0.3, 0.4) is 0 Å². The van der Waals surface area contributed by atoms with Crippen molar-refractivity contribution in [1.82, 2.24) is 9.88 Å². The van der Waals surface area contributed by atoms with Crippen LogP contribution in [0, 0.1) is 19.7 Å². The maximum atomic E-state index is 13.8. The molecule has 1 saturated heterocycles. The van der Waals surface area contributed by atoms with Gasteiger partial charge in [0.15, 0.2) is 5.78 Å². The van der Waals surface area contributed by atoms with Crippen LogP contribution in [0.4, 0.5) is 4.39 Å². The molecule has 2 aliphatic heterocycles. The molecule has 7 heteroatoms. The van der Waals surface area contributed by atoms with Gasteiger partial charge in [0.2, 0.25) is 5.88 Å². The molecule has 0 aliphatic carbocycles. The summed E-state index contributed by atoms with van der Waals surface area (Å²) in [5.74, 6) is 0.247. The molecule has 5 rings (SSSR count). The van der Waals surface area contributed by atoms with Crippen LogP contribution in [-0.4, -0.2) is 48.0 Å². The van der Waals surface area contributed by atoms with Gasteiger partial charge in [-0.05, 0) is 87.9 Å². The van der Waals surface area contributed by atoms with Crippen LogP contribution in [0.25, 0.3) is 5.57 Å². The summed E-state index contributed by atoms with van der Waals surface area (Å²) in [4.78, 5) is 17.8. The van der Waals surface area contributed by atoms with Crippen LogP contribution in [0.2, 0.25) is 5.02 Å². The Morgan fingerprint density at radius 3 is 2.44 bits per heavy atom. The molecule has 230 valence electrons. The number of rotatable bonds is 8. The third-order valence-corrected chi connectivity index (χ3v) is 7.63. The summed E-state index contributed by atoms with van der Waals surface area (Å²) in [7, 11) is 0. The van der Waals surface area contributed by atoms with E-state index in [2.05, 4.69) is 29.5 Å². The summed E-state index contributed by atoms with van der Waals surface area (Å²) in [5, 5.41) is 0.372. The Kier molecular flexibility index (Phi) is 13.6. The number of hydrogen-bond donors (Lipinski definition) is 0. The molecule has 1 atom stereocenters. The highest BCUT2D eigenvalue weighted by Crippen LogP contribution is 2.24. The molecular formula is C36H44ClFN2O3. The van der Waals surface area contributed by atoms with E-state index in [0.717, 1.165) is 43.9 Å². The quantitative estimate of drug-likeness (QED) is 0.189. The van der Waals surface area contributed by atoms with Crippen molar-refractivity contribution in [1.29, 1.82) is 0 Å². The molecule has 0 spiro atoms. The van der Waals surface area contributed by atoms with Crippen molar-refractivity contribution < 1.29 is 18.7 Å². The van der Waals surface area contributed by atoms with Gasteiger partial charge in [-0.2, -0.15) is 0 Å². The van der Waals surface area contributed by atoms with Crippen LogP contribution >= 0.6 is 11.6 Å². The number of carbonyl (C=O) groups excluding carboxylic acids is 1. The highest BCUT2D eigenvalue weighted by molar-refractivity contribution is 6.30. The second-order valence-corrected chi connectivity index (χ2v) is 11.5. The van der Waals surface area contributed by atoms with Gasteiger partial charge in [-0.1, -0.05) is 61.0 Å². The number of carbonyl (C=O) groups is 1. The van der Waals surface area contributed by atoms with E-state index in [1.165, 1.54) is 41.2 Å². The molecule has 3 heterocycles. The molecule has 5 nitrogen and oxygen atoms in total. The SMILES string of the molecule is C=C(C)CN1CC=C(c2cccc(OCc3ccc(Cl)cc3F)n2)CC1.CC(=O)c1ccc(C)c(C)c1.CCC1CCO1. The summed E-state index contributed by atoms with van der Waals surface area (Å²) in [6.07, 6.45) is 6.24. The fourth-order valence-corrected chi connectivity index (χ4v) is 4.66. The maximum Gasteiger partial charge on any atom is 0.214 e. The van der Waals surface area contributed by atoms with E-state index >= 15 is 0 Å². The molecule has 0 saturated carbocycles. The van der Waals surface area contributed by atoms with Crippen molar-refractivity contribution in [2.24, 2.45) is 0 Å². The summed E-state index contributed by atoms with van der Waals surface area (Å²) < 4.78 is 24.6. The van der Waals surface area contributed by atoms with Crippen LogP contribution in [0.5, 0.6) is 5.88 Å². The van der Waals surface area contributed by atoms with E-state index in [4.69, 9.17) is 21.1 Å². The van der Waals surface area contributed by atoms with Crippen molar-refractivity contribution in [2.75, 3.05) is 26.2 Å². The minimum atomic E-state index is -0.374. The van der Waals surface area contributed by atoms with E-state index in [1.807, 2.05) is 51.1 Å². The topological polar surface area (TPSA) is 51.7 Å². The normalized spacial score (nSPS) is 16.0. The van der Waals surface area contributed by atoms with Crippen LogP contribution in [0.1, 0.15) is 72.8 Å². The lowest BCUT2D eigenvalue weighted by molar-refractivity contribution is -0.0516. The maximum absolute atomic E-state index is 13.8. The van der Waals surface area contributed by atoms with Gasteiger partial charge < -0.3 is 9.47 Å². The minimum Gasteiger partial charge on any atom is -0.473 e. The Morgan fingerprint density at radius 2 is 1.91 bits per heavy atom. The van der Waals surface area contributed by atoms with E-state index < -0.39 is 0 Å². The molecule has 0 amide bonds. The van der Waals surface area contributed by atoms with Crippen molar-refractivity contribution in [3.63, 3.8) is 0 Å². The average molecular weight is 607 g/mol. The summed E-state index contributed by atoms with van der Waals surface area (Å²) in [6.45, 7) is 17.7. The van der Waals surface area contributed by atoms with Crippen molar-refractivity contribution in [2.45, 2.75) is 66.6 Å². The van der Waals surface area contributed by atoms with Crippen LogP contribution in [0.15, 0.2) is 72.8 Å². The fourth-order valence-electron chi connectivity index (χ4n) is 4.50. The van der Waals surface area contributed by atoms with Gasteiger partial charge in [0.05, 0.1) is 11.8 Å².